The Morgan fingerprint density at radius 1 is 0.877 bits per heavy atom. The second-order valence-electron chi connectivity index (χ2n) is 16.8. The van der Waals surface area contributed by atoms with Gasteiger partial charge in [-0.1, -0.05) is 33.8 Å². The molecular weight excluding hydrogens is 742 g/mol. The second-order valence-corrected chi connectivity index (χ2v) is 16.8. The van der Waals surface area contributed by atoms with Gasteiger partial charge < -0.3 is 58.1 Å². The number of allylic oxidation sites excluding steroid dienone is 1. The lowest BCUT2D eigenvalue weighted by molar-refractivity contribution is -0.305. The van der Waals surface area contributed by atoms with Crippen LogP contribution in [0.15, 0.2) is 12.2 Å². The molecule has 3 fully saturated rings. The summed E-state index contributed by atoms with van der Waals surface area (Å²) in [6.07, 6.45) is -2.88. The number of nitrogens with zero attached hydrogens (tertiary/aromatic N) is 1. The van der Waals surface area contributed by atoms with Gasteiger partial charge in [0.05, 0.1) is 44.6 Å². The van der Waals surface area contributed by atoms with Crippen molar-refractivity contribution in [1.29, 1.82) is 0 Å². The number of carbonyl (C=O) groups excluding carboxylic acids is 3. The van der Waals surface area contributed by atoms with Crippen LogP contribution in [-0.4, -0.2) is 154 Å². The molecule has 0 radical (unpaired) electrons. The first-order valence-corrected chi connectivity index (χ1v) is 20.8. The van der Waals surface area contributed by atoms with Crippen molar-refractivity contribution in [3.63, 3.8) is 0 Å². The number of carbonyl (C=O) groups is 3. The normalized spacial score (nSPS) is 40.9. The van der Waals surface area contributed by atoms with E-state index < -0.39 is 91.1 Å². The van der Waals surface area contributed by atoms with E-state index in [-0.39, 0.29) is 42.8 Å². The topological polar surface area (TPSA) is 189 Å². The van der Waals surface area contributed by atoms with Gasteiger partial charge in [0.1, 0.15) is 36.3 Å². The van der Waals surface area contributed by atoms with Crippen molar-refractivity contribution in [2.45, 2.75) is 166 Å². The van der Waals surface area contributed by atoms with Gasteiger partial charge in [-0.2, -0.15) is 0 Å². The fourth-order valence-electron chi connectivity index (χ4n) is 8.59. The molecule has 15 nitrogen and oxygen atoms in total. The lowest BCUT2D eigenvalue weighted by atomic mass is 9.78. The molecule has 0 amide bonds. The van der Waals surface area contributed by atoms with Gasteiger partial charge in [-0.3, -0.25) is 9.59 Å². The number of Topliss-reactive ketones (excluding diaryl/α,β-unsaturated/α-hetero) is 1. The number of esters is 2. The molecule has 3 saturated heterocycles. The van der Waals surface area contributed by atoms with Crippen molar-refractivity contribution in [2.24, 2.45) is 29.6 Å². The Balaban J connectivity index is 1.96. The summed E-state index contributed by atoms with van der Waals surface area (Å²) in [6.45, 7) is 11.4. The number of rotatable bonds is 12. The Bertz CT molecular complexity index is 1270. The van der Waals surface area contributed by atoms with Crippen LogP contribution in [0.3, 0.4) is 0 Å². The molecule has 3 aliphatic rings. The Labute approximate surface area is 340 Å². The van der Waals surface area contributed by atoms with Gasteiger partial charge in [-0.25, -0.2) is 4.79 Å². The number of aliphatic hydroxyl groups is 3. The molecule has 3 rings (SSSR count). The molecule has 3 heterocycles. The Morgan fingerprint density at radius 3 is 2.18 bits per heavy atom. The zero-order valence-corrected chi connectivity index (χ0v) is 36.1. The van der Waals surface area contributed by atoms with Crippen LogP contribution in [-0.2, 0) is 52.3 Å². The number of cyclic esters (lactones) is 1. The van der Waals surface area contributed by atoms with E-state index in [1.807, 2.05) is 39.8 Å². The molecule has 0 spiro atoms. The molecule has 1 unspecified atom stereocenters. The van der Waals surface area contributed by atoms with E-state index in [0.717, 1.165) is 0 Å². The third-order valence-corrected chi connectivity index (χ3v) is 12.2. The zero-order chi connectivity index (χ0) is 42.6. The lowest BCUT2D eigenvalue weighted by Crippen LogP contribution is -2.59. The fourth-order valence-corrected chi connectivity index (χ4v) is 8.59. The molecule has 0 bridgehead atoms. The smallest absolute Gasteiger partial charge is 0.330 e. The summed E-state index contributed by atoms with van der Waals surface area (Å²) >= 11 is 0. The van der Waals surface area contributed by atoms with E-state index in [4.69, 9.17) is 37.9 Å². The molecule has 57 heavy (non-hydrogen) atoms. The molecule has 17 atom stereocenters. The minimum Gasteiger partial charge on any atom is -0.466 e. The van der Waals surface area contributed by atoms with Crippen LogP contribution >= 0.6 is 0 Å². The quantitative estimate of drug-likeness (QED) is 0.192. The molecule has 0 aliphatic carbocycles. The molecule has 0 aromatic carbocycles. The van der Waals surface area contributed by atoms with E-state index in [1.54, 1.807) is 19.9 Å². The number of methoxy groups -OCH3 is 3. The summed E-state index contributed by atoms with van der Waals surface area (Å²) in [5, 5.41) is 33.9. The SMILES string of the molecule is CC[C@H]1OC(=O)C[C@@H](O)[C@@H](C)[C@@H](O[C@H]2O[C@@H](C)C[C@@H](N(C)C)[C@@H]2O)[C@@H](C/C=C/C(=O)OC)C[C@@H](C)C(=O)CCC(C)C[C@@H]1CO[C@@H]1O[C@H](C)[C@@H](O)[C@@H](OC)[C@H]1OC. The van der Waals surface area contributed by atoms with Crippen LogP contribution < -0.4 is 0 Å². The largest absolute Gasteiger partial charge is 0.466 e. The van der Waals surface area contributed by atoms with Crippen LogP contribution in [0.4, 0.5) is 0 Å². The van der Waals surface area contributed by atoms with E-state index in [0.29, 0.717) is 44.9 Å². The fraction of sp³-hybridized carbons (Fsp3) is 0.881. The Morgan fingerprint density at radius 2 is 1.56 bits per heavy atom. The Hall–Kier alpha value is -2.05. The number of aliphatic hydroxyl groups excluding tert-OH is 3. The first kappa shape index (κ1) is 49.3. The van der Waals surface area contributed by atoms with Crippen LogP contribution in [0.1, 0.15) is 92.9 Å². The monoisotopic (exact) mass is 816 g/mol. The average Bonchev–Trinajstić information content (AvgIpc) is 3.17. The molecule has 330 valence electrons. The van der Waals surface area contributed by atoms with Crippen LogP contribution in [0.5, 0.6) is 0 Å². The number of likely N-dealkylation sites (N-methyl/N-ethyl adjacent to an activating group) is 1. The maximum atomic E-state index is 13.8. The van der Waals surface area contributed by atoms with Crippen molar-refractivity contribution in [3.05, 3.63) is 12.2 Å². The van der Waals surface area contributed by atoms with Crippen LogP contribution in [0, 0.1) is 29.6 Å². The molecule has 0 aromatic heterocycles. The summed E-state index contributed by atoms with van der Waals surface area (Å²) in [7, 11) is 8.04. The molecule has 0 saturated carbocycles. The van der Waals surface area contributed by atoms with Gasteiger partial charge in [-0.15, -0.1) is 0 Å². The van der Waals surface area contributed by atoms with Crippen molar-refractivity contribution in [3.8, 4) is 0 Å². The molecular formula is C42H73NO14. The minimum atomic E-state index is -1.24. The summed E-state index contributed by atoms with van der Waals surface area (Å²) in [5.41, 5.74) is 0. The summed E-state index contributed by atoms with van der Waals surface area (Å²) in [4.78, 5) is 41.6. The van der Waals surface area contributed by atoms with Gasteiger partial charge in [0, 0.05) is 50.5 Å². The van der Waals surface area contributed by atoms with E-state index >= 15 is 0 Å². The predicted octanol–water partition coefficient (Wildman–Crippen LogP) is 3.43. The number of hydrogen-bond acceptors (Lipinski definition) is 15. The maximum absolute atomic E-state index is 13.8. The second kappa shape index (κ2) is 23.7. The van der Waals surface area contributed by atoms with Crippen molar-refractivity contribution >= 4 is 17.7 Å². The van der Waals surface area contributed by atoms with Gasteiger partial charge in [0.25, 0.3) is 0 Å². The number of ketones is 1. The minimum absolute atomic E-state index is 0.0467. The van der Waals surface area contributed by atoms with Gasteiger partial charge >= 0.3 is 11.9 Å². The first-order chi connectivity index (χ1) is 26.9. The standard InChI is InChI=1S/C42H73NO14/c1-12-33-29(22-53-42-40(52-11)39(51-10)36(48)27(6)55-42)18-23(2)16-17-31(44)24(3)19-28(14-13-15-34(46)50-9)38(26(5)32(45)21-35(47)56-33)57-41-37(49)30(43(7)8)20-25(4)54-41/h13,15,23-30,32-33,36-42,45,48-49H,12,14,16-22H2,1-11H3/b15-13+/t23?,24-,25+,26-,27-,28+,29-,30-,32-,33-,36-,37+,38-,39-,40-,41-,42-/m1/s1. The third kappa shape index (κ3) is 14.0. The van der Waals surface area contributed by atoms with Crippen LogP contribution in [0.25, 0.3) is 0 Å². The van der Waals surface area contributed by atoms with E-state index in [1.165, 1.54) is 27.4 Å². The highest BCUT2D eigenvalue weighted by Crippen LogP contribution is 2.36. The predicted molar refractivity (Wildman–Crippen MR) is 210 cm³/mol. The molecule has 3 aliphatic heterocycles. The van der Waals surface area contributed by atoms with Crippen molar-refractivity contribution in [1.82, 2.24) is 4.90 Å². The number of hydrogen-bond donors (Lipinski definition) is 3. The summed E-state index contributed by atoms with van der Waals surface area (Å²) in [6, 6.07) is -0.260. The van der Waals surface area contributed by atoms with E-state index in [2.05, 4.69) is 6.92 Å². The first-order valence-electron chi connectivity index (χ1n) is 20.8. The summed E-state index contributed by atoms with van der Waals surface area (Å²) < 4.78 is 47.3. The zero-order valence-electron chi connectivity index (χ0n) is 36.1. The molecule has 15 heteroatoms. The highest BCUT2D eigenvalue weighted by molar-refractivity contribution is 5.81. The summed E-state index contributed by atoms with van der Waals surface area (Å²) in [5.74, 6) is -2.84. The molecule has 3 N–H and O–H groups in total. The van der Waals surface area contributed by atoms with Gasteiger partial charge in [0.2, 0.25) is 0 Å². The van der Waals surface area contributed by atoms with E-state index in [9.17, 15) is 29.7 Å². The highest BCUT2D eigenvalue weighted by Gasteiger charge is 2.46. The molecule has 0 aromatic rings. The van der Waals surface area contributed by atoms with Gasteiger partial charge in [0.15, 0.2) is 12.6 Å². The lowest BCUT2D eigenvalue weighted by Gasteiger charge is -2.44. The van der Waals surface area contributed by atoms with Crippen LogP contribution in [0.2, 0.25) is 0 Å². The third-order valence-electron chi connectivity index (χ3n) is 12.2. The highest BCUT2D eigenvalue weighted by atomic mass is 16.7. The Kier molecular flexibility index (Phi) is 20.5. The number of ether oxygens (including phenoxy) is 8. The van der Waals surface area contributed by atoms with Crippen molar-refractivity contribution in [2.75, 3.05) is 42.0 Å². The van der Waals surface area contributed by atoms with Crippen molar-refractivity contribution < 1.29 is 67.6 Å². The van der Waals surface area contributed by atoms with Gasteiger partial charge in [-0.05, 0) is 78.3 Å². The average molecular weight is 816 g/mol. The maximum Gasteiger partial charge on any atom is 0.330 e.